The van der Waals surface area contributed by atoms with E-state index in [-0.39, 0.29) is 29.7 Å². The fourth-order valence-electron chi connectivity index (χ4n) is 2.62. The number of piperidine rings is 1. The number of hydrogen-bond acceptors (Lipinski definition) is 2. The van der Waals surface area contributed by atoms with Crippen molar-refractivity contribution in [2.24, 2.45) is 0 Å². The molecule has 1 fully saturated rings. The van der Waals surface area contributed by atoms with Crippen LogP contribution in [0.15, 0.2) is 24.3 Å². The van der Waals surface area contributed by atoms with Gasteiger partial charge in [-0.2, -0.15) is 0 Å². The Balaban J connectivity index is 0.00000180. The summed E-state index contributed by atoms with van der Waals surface area (Å²) in [7, 11) is 0. The summed E-state index contributed by atoms with van der Waals surface area (Å²) in [5, 5.41) is 6.38. The highest BCUT2D eigenvalue weighted by atomic mass is 35.5. The number of amides is 1. The predicted molar refractivity (Wildman–Crippen MR) is 76.0 cm³/mol. The van der Waals surface area contributed by atoms with Gasteiger partial charge in [-0.1, -0.05) is 12.1 Å². The Labute approximate surface area is 119 Å². The molecule has 1 aliphatic heterocycles. The Morgan fingerprint density at radius 1 is 1.32 bits per heavy atom. The summed E-state index contributed by atoms with van der Waals surface area (Å²) in [6, 6.07) is 6.53. The average Bonchev–Trinajstić information content (AvgIpc) is 2.32. The van der Waals surface area contributed by atoms with Crippen LogP contribution in [0, 0.1) is 5.82 Å². The molecule has 19 heavy (non-hydrogen) atoms. The minimum Gasteiger partial charge on any atom is -0.350 e. The molecule has 0 saturated carbocycles. The van der Waals surface area contributed by atoms with Crippen LogP contribution in [-0.4, -0.2) is 24.5 Å². The number of halogens is 2. The molecule has 5 heteroatoms. The van der Waals surface area contributed by atoms with E-state index in [1.54, 1.807) is 19.1 Å². The van der Waals surface area contributed by atoms with Crippen LogP contribution in [0.5, 0.6) is 0 Å². The van der Waals surface area contributed by atoms with Crippen LogP contribution in [0.1, 0.15) is 25.3 Å². The molecule has 1 amide bonds. The normalized spacial score (nSPS) is 17.4. The highest BCUT2D eigenvalue weighted by Gasteiger charge is 2.32. The lowest BCUT2D eigenvalue weighted by Gasteiger charge is -2.38. The summed E-state index contributed by atoms with van der Waals surface area (Å²) in [6.45, 7) is 3.36. The van der Waals surface area contributed by atoms with E-state index < -0.39 is 0 Å². The maximum Gasteiger partial charge on any atom is 0.217 e. The summed E-state index contributed by atoms with van der Waals surface area (Å²) < 4.78 is 12.9. The maximum absolute atomic E-state index is 12.9. The Bertz CT molecular complexity index is 416. The Morgan fingerprint density at radius 2 is 1.89 bits per heavy atom. The SMILES string of the molecule is CC(=O)NC1(Cc2ccc(F)cc2)CCNCC1.Cl. The molecular weight excluding hydrogens is 267 g/mol. The third-order valence-corrected chi connectivity index (χ3v) is 3.46. The van der Waals surface area contributed by atoms with E-state index in [2.05, 4.69) is 10.6 Å². The van der Waals surface area contributed by atoms with Gasteiger partial charge in [-0.15, -0.1) is 12.4 Å². The first kappa shape index (κ1) is 15.9. The smallest absolute Gasteiger partial charge is 0.217 e. The molecule has 0 atom stereocenters. The molecule has 1 aromatic carbocycles. The molecule has 0 bridgehead atoms. The van der Waals surface area contributed by atoms with E-state index in [9.17, 15) is 9.18 Å². The largest absolute Gasteiger partial charge is 0.350 e. The van der Waals surface area contributed by atoms with E-state index in [1.807, 2.05) is 0 Å². The van der Waals surface area contributed by atoms with Crippen LogP contribution >= 0.6 is 12.4 Å². The van der Waals surface area contributed by atoms with E-state index in [4.69, 9.17) is 0 Å². The van der Waals surface area contributed by atoms with Crippen LogP contribution in [0.4, 0.5) is 4.39 Å². The van der Waals surface area contributed by atoms with Gasteiger partial charge >= 0.3 is 0 Å². The van der Waals surface area contributed by atoms with Crippen molar-refractivity contribution >= 4 is 18.3 Å². The molecule has 1 heterocycles. The number of hydrogen-bond donors (Lipinski definition) is 2. The van der Waals surface area contributed by atoms with E-state index in [1.165, 1.54) is 12.1 Å². The number of carbonyl (C=O) groups is 1. The Hall–Kier alpha value is -1.13. The Morgan fingerprint density at radius 3 is 2.42 bits per heavy atom. The van der Waals surface area contributed by atoms with Crippen molar-refractivity contribution in [1.29, 1.82) is 0 Å². The number of benzene rings is 1. The topological polar surface area (TPSA) is 41.1 Å². The molecular formula is C14H20ClFN2O. The molecule has 106 valence electrons. The molecule has 0 spiro atoms. The van der Waals surface area contributed by atoms with Gasteiger partial charge in [-0.25, -0.2) is 4.39 Å². The van der Waals surface area contributed by atoms with Gasteiger partial charge in [0.05, 0.1) is 0 Å². The number of rotatable bonds is 3. The summed E-state index contributed by atoms with van der Waals surface area (Å²) in [4.78, 5) is 11.4. The first-order valence-electron chi connectivity index (χ1n) is 6.34. The summed E-state index contributed by atoms with van der Waals surface area (Å²) in [5.41, 5.74) is 0.876. The van der Waals surface area contributed by atoms with Crippen molar-refractivity contribution in [1.82, 2.24) is 10.6 Å². The molecule has 1 aliphatic rings. The monoisotopic (exact) mass is 286 g/mol. The van der Waals surface area contributed by atoms with Gasteiger partial charge in [0, 0.05) is 12.5 Å². The van der Waals surface area contributed by atoms with Crippen LogP contribution in [0.25, 0.3) is 0 Å². The lowest BCUT2D eigenvalue weighted by molar-refractivity contribution is -0.121. The second kappa shape index (κ2) is 6.87. The van der Waals surface area contributed by atoms with Crippen molar-refractivity contribution in [2.75, 3.05) is 13.1 Å². The van der Waals surface area contributed by atoms with Crippen LogP contribution in [0.2, 0.25) is 0 Å². The molecule has 1 saturated heterocycles. The second-order valence-corrected chi connectivity index (χ2v) is 5.01. The Kier molecular flexibility index (Phi) is 5.76. The van der Waals surface area contributed by atoms with Crippen LogP contribution in [0.3, 0.4) is 0 Å². The van der Waals surface area contributed by atoms with Gasteiger partial charge in [-0.3, -0.25) is 4.79 Å². The summed E-state index contributed by atoms with van der Waals surface area (Å²) in [6.07, 6.45) is 2.57. The molecule has 0 unspecified atom stereocenters. The summed E-state index contributed by atoms with van der Waals surface area (Å²) in [5.74, 6) is -0.225. The van der Waals surface area contributed by atoms with Gasteiger partial charge in [0.2, 0.25) is 5.91 Å². The molecule has 2 N–H and O–H groups in total. The maximum atomic E-state index is 12.9. The lowest BCUT2D eigenvalue weighted by Crippen LogP contribution is -2.55. The summed E-state index contributed by atoms with van der Waals surface area (Å²) >= 11 is 0. The van der Waals surface area contributed by atoms with Gasteiger partial charge < -0.3 is 10.6 Å². The first-order valence-corrected chi connectivity index (χ1v) is 6.34. The zero-order chi connectivity index (χ0) is 13.0. The number of carbonyl (C=O) groups excluding carboxylic acids is 1. The van der Waals surface area contributed by atoms with Gasteiger partial charge in [0.25, 0.3) is 0 Å². The third-order valence-electron chi connectivity index (χ3n) is 3.46. The van der Waals surface area contributed by atoms with Crippen LogP contribution < -0.4 is 10.6 Å². The second-order valence-electron chi connectivity index (χ2n) is 5.01. The van der Waals surface area contributed by atoms with Crippen molar-refractivity contribution < 1.29 is 9.18 Å². The predicted octanol–water partition coefficient (Wildman–Crippen LogP) is 2.05. The molecule has 1 aromatic rings. The average molecular weight is 287 g/mol. The fourth-order valence-corrected chi connectivity index (χ4v) is 2.62. The van der Waals surface area contributed by atoms with Crippen molar-refractivity contribution in [3.8, 4) is 0 Å². The third kappa shape index (κ3) is 4.48. The minimum absolute atomic E-state index is 0. The van der Waals surface area contributed by atoms with Gasteiger partial charge in [0.15, 0.2) is 0 Å². The molecule has 0 radical (unpaired) electrons. The highest BCUT2D eigenvalue weighted by Crippen LogP contribution is 2.23. The van der Waals surface area contributed by atoms with E-state index in [0.29, 0.717) is 0 Å². The van der Waals surface area contributed by atoms with E-state index >= 15 is 0 Å². The van der Waals surface area contributed by atoms with Crippen molar-refractivity contribution in [2.45, 2.75) is 31.7 Å². The molecule has 0 aliphatic carbocycles. The first-order chi connectivity index (χ1) is 8.60. The van der Waals surface area contributed by atoms with Crippen molar-refractivity contribution in [3.05, 3.63) is 35.6 Å². The highest BCUT2D eigenvalue weighted by molar-refractivity contribution is 5.85. The zero-order valence-corrected chi connectivity index (χ0v) is 11.9. The minimum atomic E-state index is -0.224. The zero-order valence-electron chi connectivity index (χ0n) is 11.0. The van der Waals surface area contributed by atoms with Gasteiger partial charge in [0.1, 0.15) is 5.82 Å². The standard InChI is InChI=1S/C14H19FN2O.ClH/c1-11(18)17-14(6-8-16-9-7-14)10-12-2-4-13(15)5-3-12;/h2-5,16H,6-10H2,1H3,(H,17,18);1H. The van der Waals surface area contributed by atoms with Gasteiger partial charge in [-0.05, 0) is 50.0 Å². The molecule has 0 aromatic heterocycles. The van der Waals surface area contributed by atoms with Crippen LogP contribution in [-0.2, 0) is 11.2 Å². The fraction of sp³-hybridized carbons (Fsp3) is 0.500. The van der Waals surface area contributed by atoms with E-state index in [0.717, 1.165) is 37.9 Å². The van der Waals surface area contributed by atoms with Crippen molar-refractivity contribution in [3.63, 3.8) is 0 Å². The molecule has 2 rings (SSSR count). The number of nitrogens with one attached hydrogen (secondary N) is 2. The molecule has 3 nitrogen and oxygen atoms in total. The quantitative estimate of drug-likeness (QED) is 0.893. The lowest BCUT2D eigenvalue weighted by atomic mass is 9.82.